The van der Waals surface area contributed by atoms with Crippen molar-refractivity contribution in [3.8, 4) is 0 Å². The minimum atomic E-state index is -0.362. The third kappa shape index (κ3) is 10.3. The van der Waals surface area contributed by atoms with Gasteiger partial charge in [-0.05, 0) is 0 Å². The van der Waals surface area contributed by atoms with Crippen molar-refractivity contribution >= 4 is 11.9 Å². The molecule has 1 N–H and O–H groups in total. The van der Waals surface area contributed by atoms with Crippen molar-refractivity contribution in [2.75, 3.05) is 34.5 Å². The molecule has 26 heavy (non-hydrogen) atoms. The molecule has 0 saturated carbocycles. The highest BCUT2D eigenvalue weighted by molar-refractivity contribution is 5.71. The summed E-state index contributed by atoms with van der Waals surface area (Å²) in [6, 6.07) is 0. The number of carbonyl (C=O) groups excluding carboxylic acids is 2. The monoisotopic (exact) mass is 372 g/mol. The molecule has 0 spiro atoms. The van der Waals surface area contributed by atoms with Crippen LogP contribution in [0.3, 0.4) is 0 Å². The highest BCUT2D eigenvalue weighted by atomic mass is 16.6. The van der Waals surface area contributed by atoms with Gasteiger partial charge in [-0.15, -0.1) is 0 Å². The van der Waals surface area contributed by atoms with E-state index in [4.69, 9.17) is 19.3 Å². The predicted molar refractivity (Wildman–Crippen MR) is 97.5 cm³/mol. The second-order valence-electron chi connectivity index (χ2n) is 5.97. The fourth-order valence-corrected chi connectivity index (χ4v) is 2.21. The van der Waals surface area contributed by atoms with Gasteiger partial charge in [-0.25, -0.2) is 0 Å². The van der Waals surface area contributed by atoms with Crippen LogP contribution < -0.4 is 0 Å². The fourth-order valence-electron chi connectivity index (χ4n) is 2.21. The van der Waals surface area contributed by atoms with Crippen molar-refractivity contribution in [2.45, 2.75) is 38.9 Å². The van der Waals surface area contributed by atoms with Crippen LogP contribution in [0.4, 0.5) is 0 Å². The summed E-state index contributed by atoms with van der Waals surface area (Å²) in [6.07, 6.45) is 6.79. The summed E-state index contributed by atoms with van der Waals surface area (Å²) in [5.41, 5.74) is 0. The number of rotatable bonds is 13. The van der Waals surface area contributed by atoms with E-state index >= 15 is 0 Å². The molecule has 150 valence electrons. The Bertz CT molecular complexity index is 455. The Morgan fingerprint density at radius 3 is 1.85 bits per heavy atom. The van der Waals surface area contributed by atoms with E-state index in [0.29, 0.717) is 0 Å². The minimum absolute atomic E-state index is 0.00973. The highest BCUT2D eigenvalue weighted by Gasteiger charge is 2.17. The van der Waals surface area contributed by atoms with Crippen LogP contribution in [0.15, 0.2) is 24.3 Å². The maximum atomic E-state index is 11.8. The van der Waals surface area contributed by atoms with E-state index in [1.54, 1.807) is 19.3 Å². The average molecular weight is 372 g/mol. The topological polar surface area (TPSA) is 91.3 Å². The third-order valence-electron chi connectivity index (χ3n) is 4.04. The molecule has 0 aromatic rings. The summed E-state index contributed by atoms with van der Waals surface area (Å²) in [5.74, 6) is -0.712. The van der Waals surface area contributed by atoms with Gasteiger partial charge in [0.1, 0.15) is 6.61 Å². The SMILES string of the molecule is COC(=O)C/C=C/[C@@H](C)[C@@H](COC(=O)C/C=C/[C@@H](C)[C@@H](CO)OC)OC. The van der Waals surface area contributed by atoms with Crippen molar-refractivity contribution < 1.29 is 33.6 Å². The van der Waals surface area contributed by atoms with Crippen LogP contribution in [0.1, 0.15) is 26.7 Å². The second-order valence-corrected chi connectivity index (χ2v) is 5.97. The quantitative estimate of drug-likeness (QED) is 0.390. The summed E-state index contributed by atoms with van der Waals surface area (Å²) in [5, 5.41) is 9.14. The molecule has 0 aliphatic rings. The van der Waals surface area contributed by atoms with Gasteiger partial charge in [0.2, 0.25) is 0 Å². The molecule has 0 amide bonds. The van der Waals surface area contributed by atoms with Crippen LogP contribution in [0.25, 0.3) is 0 Å². The molecule has 0 rings (SSSR count). The summed E-state index contributed by atoms with van der Waals surface area (Å²) in [4.78, 5) is 22.9. The standard InChI is InChI=1S/C19H32O7/c1-14(16(12-20)23-3)8-7-11-19(22)26-13-17(24-4)15(2)9-6-10-18(21)25-5/h6-9,14-17,20H,10-13H2,1-5H3/b8-7+,9-6+/t14-,15-,16-,17-/m1/s1. The van der Waals surface area contributed by atoms with E-state index < -0.39 is 0 Å². The largest absolute Gasteiger partial charge is 0.469 e. The maximum Gasteiger partial charge on any atom is 0.309 e. The highest BCUT2D eigenvalue weighted by Crippen LogP contribution is 2.11. The van der Waals surface area contributed by atoms with Gasteiger partial charge in [0.15, 0.2) is 0 Å². The molecule has 0 saturated heterocycles. The van der Waals surface area contributed by atoms with Gasteiger partial charge in [0.25, 0.3) is 0 Å². The first-order valence-corrected chi connectivity index (χ1v) is 8.61. The van der Waals surface area contributed by atoms with Crippen molar-refractivity contribution in [1.29, 1.82) is 0 Å². The van der Waals surface area contributed by atoms with Gasteiger partial charge in [0.05, 0.1) is 38.8 Å². The molecule has 0 aromatic heterocycles. The number of methoxy groups -OCH3 is 3. The Labute approximate surface area is 156 Å². The zero-order valence-electron chi connectivity index (χ0n) is 16.3. The Morgan fingerprint density at radius 1 is 0.885 bits per heavy atom. The zero-order valence-corrected chi connectivity index (χ0v) is 16.3. The van der Waals surface area contributed by atoms with E-state index in [1.165, 1.54) is 14.2 Å². The Morgan fingerprint density at radius 2 is 1.38 bits per heavy atom. The molecular weight excluding hydrogens is 340 g/mol. The van der Waals surface area contributed by atoms with Crippen LogP contribution >= 0.6 is 0 Å². The number of carbonyl (C=O) groups is 2. The van der Waals surface area contributed by atoms with Gasteiger partial charge in [-0.2, -0.15) is 0 Å². The number of aliphatic hydroxyl groups is 1. The van der Waals surface area contributed by atoms with E-state index in [0.717, 1.165) is 0 Å². The first-order chi connectivity index (χ1) is 12.4. The zero-order chi connectivity index (χ0) is 19.9. The first kappa shape index (κ1) is 24.3. The molecule has 7 heteroatoms. The maximum absolute atomic E-state index is 11.8. The summed E-state index contributed by atoms with van der Waals surface area (Å²) >= 11 is 0. The Balaban J connectivity index is 4.30. The summed E-state index contributed by atoms with van der Waals surface area (Å²) < 4.78 is 20.3. The van der Waals surface area contributed by atoms with Gasteiger partial charge >= 0.3 is 11.9 Å². The van der Waals surface area contributed by atoms with E-state index in [1.807, 2.05) is 26.0 Å². The molecule has 0 radical (unpaired) electrons. The van der Waals surface area contributed by atoms with Crippen LogP contribution in [0, 0.1) is 11.8 Å². The fraction of sp³-hybridized carbons (Fsp3) is 0.684. The van der Waals surface area contributed by atoms with Gasteiger partial charge in [0, 0.05) is 26.1 Å². The summed E-state index contributed by atoms with van der Waals surface area (Å²) in [6.45, 7) is 3.86. The Kier molecular flexibility index (Phi) is 13.5. The molecular formula is C19H32O7. The molecule has 0 heterocycles. The number of aliphatic hydroxyl groups excluding tert-OH is 1. The average Bonchev–Trinajstić information content (AvgIpc) is 2.63. The van der Waals surface area contributed by atoms with E-state index in [-0.39, 0.29) is 62.0 Å². The Hall–Kier alpha value is -1.70. The van der Waals surface area contributed by atoms with E-state index in [9.17, 15) is 9.59 Å². The molecule has 0 aromatic carbocycles. The lowest BCUT2D eigenvalue weighted by atomic mass is 10.0. The number of esters is 2. The van der Waals surface area contributed by atoms with Crippen molar-refractivity contribution in [3.05, 3.63) is 24.3 Å². The predicted octanol–water partition coefficient (Wildman–Crippen LogP) is 1.89. The lowest BCUT2D eigenvalue weighted by Gasteiger charge is -2.19. The first-order valence-electron chi connectivity index (χ1n) is 8.61. The van der Waals surface area contributed by atoms with Gasteiger partial charge in [-0.1, -0.05) is 38.2 Å². The molecule has 0 unspecified atom stereocenters. The van der Waals surface area contributed by atoms with E-state index in [2.05, 4.69) is 4.74 Å². The van der Waals surface area contributed by atoms with Crippen LogP contribution in [-0.4, -0.2) is 63.8 Å². The lowest BCUT2D eigenvalue weighted by Crippen LogP contribution is -2.26. The van der Waals surface area contributed by atoms with Crippen molar-refractivity contribution in [1.82, 2.24) is 0 Å². The molecule has 0 fully saturated rings. The van der Waals surface area contributed by atoms with Gasteiger partial charge in [-0.3, -0.25) is 9.59 Å². The summed E-state index contributed by atoms with van der Waals surface area (Å²) in [7, 11) is 4.42. The van der Waals surface area contributed by atoms with Crippen LogP contribution in [-0.2, 0) is 28.5 Å². The molecule has 0 bridgehead atoms. The molecule has 0 aliphatic heterocycles. The molecule has 0 aliphatic carbocycles. The van der Waals surface area contributed by atoms with Crippen LogP contribution in [0.5, 0.6) is 0 Å². The third-order valence-corrected chi connectivity index (χ3v) is 4.04. The molecule has 7 nitrogen and oxygen atoms in total. The van der Waals surface area contributed by atoms with Gasteiger partial charge < -0.3 is 24.1 Å². The van der Waals surface area contributed by atoms with Crippen LogP contribution in [0.2, 0.25) is 0 Å². The lowest BCUT2D eigenvalue weighted by molar-refractivity contribution is -0.147. The molecule has 4 atom stereocenters. The number of hydrogen-bond donors (Lipinski definition) is 1. The van der Waals surface area contributed by atoms with Crippen molar-refractivity contribution in [2.24, 2.45) is 11.8 Å². The second kappa shape index (κ2) is 14.5. The van der Waals surface area contributed by atoms with Crippen molar-refractivity contribution in [3.63, 3.8) is 0 Å². The smallest absolute Gasteiger partial charge is 0.309 e. The number of ether oxygens (including phenoxy) is 4. The normalized spacial score (nSPS) is 16.4. The number of hydrogen-bond acceptors (Lipinski definition) is 7. The minimum Gasteiger partial charge on any atom is -0.469 e.